The zero-order valence-corrected chi connectivity index (χ0v) is 12.9. The largest absolute Gasteiger partial charge is 0.490 e. The summed E-state index contributed by atoms with van der Waals surface area (Å²) in [5.41, 5.74) is 4.17. The third kappa shape index (κ3) is 3.67. The van der Waals surface area contributed by atoms with Gasteiger partial charge in [-0.2, -0.15) is 0 Å². The van der Waals surface area contributed by atoms with Gasteiger partial charge in [0, 0.05) is 12.7 Å². The molecule has 0 heterocycles. The molecule has 0 bridgehead atoms. The minimum Gasteiger partial charge on any atom is -0.490 e. The van der Waals surface area contributed by atoms with Crippen molar-refractivity contribution in [1.82, 2.24) is 0 Å². The van der Waals surface area contributed by atoms with Gasteiger partial charge in [-0.1, -0.05) is 36.4 Å². The Hall–Kier alpha value is -2.75. The molecule has 22 heavy (non-hydrogen) atoms. The van der Waals surface area contributed by atoms with Gasteiger partial charge in [-0.15, -0.1) is 0 Å². The fourth-order valence-corrected chi connectivity index (χ4v) is 2.08. The summed E-state index contributed by atoms with van der Waals surface area (Å²) in [5.74, 6) is -0.319. The second-order valence-electron chi connectivity index (χ2n) is 4.66. The third-order valence-electron chi connectivity index (χ3n) is 3.30. The Kier molecular flexibility index (Phi) is 5.20. The number of esters is 1. The molecule has 0 aromatic heterocycles. The first-order valence-corrected chi connectivity index (χ1v) is 6.90. The second kappa shape index (κ2) is 7.31. The first-order chi connectivity index (χ1) is 10.7. The van der Waals surface area contributed by atoms with E-state index in [1.807, 2.05) is 43.4 Å². The van der Waals surface area contributed by atoms with Gasteiger partial charge in [0.25, 0.3) is 0 Å². The van der Waals surface area contributed by atoms with Gasteiger partial charge < -0.3 is 14.8 Å². The number of nitrogens with one attached hydrogen (secondary N) is 1. The Bertz CT molecular complexity index is 675. The van der Waals surface area contributed by atoms with Crippen molar-refractivity contribution in [3.8, 4) is 11.1 Å². The predicted molar refractivity (Wildman–Crippen MR) is 88.4 cm³/mol. The molecule has 0 aliphatic rings. The first kappa shape index (κ1) is 15.6. The summed E-state index contributed by atoms with van der Waals surface area (Å²) in [5, 5.41) is 3.12. The van der Waals surface area contributed by atoms with Gasteiger partial charge in [0.1, 0.15) is 0 Å². The number of benzene rings is 2. The van der Waals surface area contributed by atoms with Crippen LogP contribution >= 0.6 is 0 Å². The lowest BCUT2D eigenvalue weighted by molar-refractivity contribution is -0.139. The van der Waals surface area contributed by atoms with Gasteiger partial charge in [-0.25, -0.2) is 4.79 Å². The number of ether oxygens (including phenoxy) is 2. The van der Waals surface area contributed by atoms with Crippen LogP contribution < -0.4 is 5.32 Å². The van der Waals surface area contributed by atoms with Crippen molar-refractivity contribution in [2.75, 3.05) is 26.6 Å². The normalized spacial score (nSPS) is 11.0. The lowest BCUT2D eigenvalue weighted by atomic mass is 10.0. The van der Waals surface area contributed by atoms with E-state index in [1.165, 1.54) is 14.2 Å². The Morgan fingerprint density at radius 1 is 1.00 bits per heavy atom. The van der Waals surface area contributed by atoms with Crippen molar-refractivity contribution in [3.63, 3.8) is 0 Å². The maximum absolute atomic E-state index is 11.5. The van der Waals surface area contributed by atoms with Gasteiger partial charge in [-0.05, 0) is 34.9 Å². The summed E-state index contributed by atoms with van der Waals surface area (Å²) < 4.78 is 9.69. The lowest BCUT2D eigenvalue weighted by Crippen LogP contribution is -2.06. The van der Waals surface area contributed by atoms with Crippen LogP contribution in [0.5, 0.6) is 0 Å². The quantitative estimate of drug-likeness (QED) is 0.521. The van der Waals surface area contributed by atoms with Crippen molar-refractivity contribution >= 4 is 17.7 Å². The standard InChI is InChI=1S/C18H19NO3/c1-19-16-6-4-5-15(12-16)14-9-7-13(8-10-14)11-17(21-2)18(20)22-3/h4-12,19H,1-3H3. The molecular formula is C18H19NO3. The smallest absolute Gasteiger partial charge is 0.373 e. The summed E-state index contributed by atoms with van der Waals surface area (Å²) in [4.78, 5) is 11.5. The zero-order valence-electron chi connectivity index (χ0n) is 12.9. The highest BCUT2D eigenvalue weighted by Gasteiger charge is 2.09. The third-order valence-corrected chi connectivity index (χ3v) is 3.30. The molecule has 2 aromatic carbocycles. The summed E-state index contributed by atoms with van der Waals surface area (Å²) in [7, 11) is 4.67. The Morgan fingerprint density at radius 3 is 2.32 bits per heavy atom. The van der Waals surface area contributed by atoms with E-state index in [9.17, 15) is 4.79 Å². The van der Waals surface area contributed by atoms with Gasteiger partial charge in [0.05, 0.1) is 14.2 Å². The maximum atomic E-state index is 11.5. The van der Waals surface area contributed by atoms with Crippen LogP contribution in [0.25, 0.3) is 17.2 Å². The molecule has 0 saturated carbocycles. The zero-order chi connectivity index (χ0) is 15.9. The Morgan fingerprint density at radius 2 is 1.73 bits per heavy atom. The molecule has 0 aliphatic carbocycles. The molecule has 0 saturated heterocycles. The van der Waals surface area contributed by atoms with Crippen molar-refractivity contribution in [2.45, 2.75) is 0 Å². The summed E-state index contributed by atoms with van der Waals surface area (Å²) >= 11 is 0. The van der Waals surface area contributed by atoms with E-state index in [1.54, 1.807) is 6.08 Å². The Balaban J connectivity index is 2.26. The topological polar surface area (TPSA) is 47.6 Å². The average Bonchev–Trinajstić information content (AvgIpc) is 2.59. The fourth-order valence-electron chi connectivity index (χ4n) is 2.08. The molecule has 114 valence electrons. The van der Waals surface area contributed by atoms with Crippen molar-refractivity contribution in [2.24, 2.45) is 0 Å². The highest BCUT2D eigenvalue weighted by atomic mass is 16.6. The molecule has 4 nitrogen and oxygen atoms in total. The van der Waals surface area contributed by atoms with Crippen LogP contribution in [0.4, 0.5) is 5.69 Å². The SMILES string of the molecule is CNc1cccc(-c2ccc(C=C(OC)C(=O)OC)cc2)c1. The molecule has 0 atom stereocenters. The van der Waals surface area contributed by atoms with E-state index < -0.39 is 5.97 Å². The van der Waals surface area contributed by atoms with E-state index in [2.05, 4.69) is 22.2 Å². The van der Waals surface area contributed by atoms with Crippen LogP contribution in [0.3, 0.4) is 0 Å². The molecule has 0 aliphatic heterocycles. The molecule has 2 rings (SSSR count). The molecule has 2 aromatic rings. The minimum atomic E-state index is -0.492. The van der Waals surface area contributed by atoms with Crippen LogP contribution in [0.15, 0.2) is 54.3 Å². The highest BCUT2D eigenvalue weighted by molar-refractivity contribution is 5.91. The number of hydrogen-bond donors (Lipinski definition) is 1. The fraction of sp³-hybridized carbons (Fsp3) is 0.167. The van der Waals surface area contributed by atoms with Crippen molar-refractivity contribution in [1.29, 1.82) is 0 Å². The van der Waals surface area contributed by atoms with E-state index in [4.69, 9.17) is 4.74 Å². The van der Waals surface area contributed by atoms with Crippen molar-refractivity contribution in [3.05, 3.63) is 59.9 Å². The molecule has 0 fully saturated rings. The van der Waals surface area contributed by atoms with Gasteiger partial charge in [0.2, 0.25) is 5.76 Å². The van der Waals surface area contributed by atoms with E-state index in [-0.39, 0.29) is 5.76 Å². The molecule has 1 N–H and O–H groups in total. The van der Waals surface area contributed by atoms with Crippen molar-refractivity contribution < 1.29 is 14.3 Å². The molecule has 4 heteroatoms. The summed E-state index contributed by atoms with van der Waals surface area (Å²) in [6.07, 6.45) is 1.65. The first-order valence-electron chi connectivity index (χ1n) is 6.90. The van der Waals surface area contributed by atoms with Crippen LogP contribution in [0.2, 0.25) is 0 Å². The molecule has 0 radical (unpaired) electrons. The minimum absolute atomic E-state index is 0.174. The lowest BCUT2D eigenvalue weighted by Gasteiger charge is -2.06. The number of methoxy groups -OCH3 is 2. The maximum Gasteiger partial charge on any atom is 0.373 e. The number of anilines is 1. The van der Waals surface area contributed by atoms with Crippen LogP contribution in [0.1, 0.15) is 5.56 Å². The average molecular weight is 297 g/mol. The van der Waals surface area contributed by atoms with E-state index in [0.29, 0.717) is 0 Å². The number of rotatable bonds is 5. The summed E-state index contributed by atoms with van der Waals surface area (Å²) in [6, 6.07) is 16.0. The molecular weight excluding hydrogens is 278 g/mol. The molecule has 0 amide bonds. The summed E-state index contributed by atoms with van der Waals surface area (Å²) in [6.45, 7) is 0. The van der Waals surface area contributed by atoms with Crippen LogP contribution in [-0.4, -0.2) is 27.2 Å². The Labute approximate surface area is 130 Å². The molecule has 0 spiro atoms. The van der Waals surface area contributed by atoms with Gasteiger partial charge >= 0.3 is 5.97 Å². The second-order valence-corrected chi connectivity index (χ2v) is 4.66. The van der Waals surface area contributed by atoms with E-state index >= 15 is 0 Å². The predicted octanol–water partition coefficient (Wildman–Crippen LogP) is 3.56. The highest BCUT2D eigenvalue weighted by Crippen LogP contribution is 2.23. The number of hydrogen-bond acceptors (Lipinski definition) is 4. The van der Waals surface area contributed by atoms with E-state index in [0.717, 1.165) is 22.4 Å². The van der Waals surface area contributed by atoms with Gasteiger partial charge in [-0.3, -0.25) is 0 Å². The monoisotopic (exact) mass is 297 g/mol. The van der Waals surface area contributed by atoms with Crippen LogP contribution in [0, 0.1) is 0 Å². The molecule has 0 unspecified atom stereocenters. The van der Waals surface area contributed by atoms with Crippen LogP contribution in [-0.2, 0) is 14.3 Å². The number of carbonyl (C=O) groups excluding carboxylic acids is 1. The number of carbonyl (C=O) groups is 1. The van der Waals surface area contributed by atoms with Gasteiger partial charge in [0.15, 0.2) is 0 Å².